The lowest BCUT2D eigenvalue weighted by atomic mass is 10.3. The average Bonchev–Trinajstić information content (AvgIpc) is 2.64. The molecule has 17 heavy (non-hydrogen) atoms. The normalized spacial score (nSPS) is 12.6. The largest absolute Gasteiger partial charge is 0.399 e. The van der Waals surface area contributed by atoms with Gasteiger partial charge in [0.15, 0.2) is 0 Å². The summed E-state index contributed by atoms with van der Waals surface area (Å²) in [5.74, 6) is -0.213. The second kappa shape index (κ2) is 5.29. The van der Waals surface area contributed by atoms with E-state index in [1.54, 1.807) is 6.07 Å². The Kier molecular flexibility index (Phi) is 3.96. The van der Waals surface area contributed by atoms with Crippen molar-refractivity contribution in [2.75, 3.05) is 5.73 Å². The third kappa shape index (κ3) is 2.94. The molecule has 1 atom stereocenters. The molecule has 2 rings (SSSR count). The van der Waals surface area contributed by atoms with Crippen molar-refractivity contribution in [1.29, 1.82) is 0 Å². The smallest absolute Gasteiger partial charge is 0.141 e. The van der Waals surface area contributed by atoms with E-state index in [0.29, 0.717) is 11.4 Å². The summed E-state index contributed by atoms with van der Waals surface area (Å²) < 4.78 is 26.5. The Balaban J connectivity index is 2.23. The molecule has 0 aliphatic rings. The van der Waals surface area contributed by atoms with Crippen molar-refractivity contribution < 1.29 is 8.60 Å². The molecule has 90 valence electrons. The van der Waals surface area contributed by atoms with E-state index in [9.17, 15) is 8.60 Å². The Morgan fingerprint density at radius 2 is 2.18 bits per heavy atom. The minimum Gasteiger partial charge on any atom is -0.399 e. The molecule has 0 aliphatic heterocycles. The van der Waals surface area contributed by atoms with Gasteiger partial charge in [-0.15, -0.1) is 11.3 Å². The van der Waals surface area contributed by atoms with E-state index in [2.05, 4.69) is 15.9 Å². The second-order valence-corrected chi connectivity index (χ2v) is 6.65. The van der Waals surface area contributed by atoms with Gasteiger partial charge in [-0.2, -0.15) is 0 Å². The zero-order chi connectivity index (χ0) is 12.4. The highest BCUT2D eigenvalue weighted by Gasteiger charge is 2.13. The molecule has 2 aromatic rings. The molecular formula is C11H9BrFNOS2. The van der Waals surface area contributed by atoms with Gasteiger partial charge in [0.25, 0.3) is 0 Å². The van der Waals surface area contributed by atoms with Gasteiger partial charge in [0.2, 0.25) is 0 Å². The number of benzene rings is 1. The van der Waals surface area contributed by atoms with Gasteiger partial charge in [0, 0.05) is 15.0 Å². The highest BCUT2D eigenvalue weighted by atomic mass is 79.9. The average molecular weight is 334 g/mol. The molecule has 6 heteroatoms. The Bertz CT molecular complexity index is 570. The summed E-state index contributed by atoms with van der Waals surface area (Å²) >= 11 is 4.85. The molecule has 0 aliphatic carbocycles. The molecule has 0 bridgehead atoms. The van der Waals surface area contributed by atoms with E-state index in [4.69, 9.17) is 5.73 Å². The molecule has 1 unspecified atom stereocenters. The maximum Gasteiger partial charge on any atom is 0.141 e. The summed E-state index contributed by atoms with van der Waals surface area (Å²) in [6.45, 7) is 0. The third-order valence-corrected chi connectivity index (χ3v) is 5.64. The molecule has 1 aromatic heterocycles. The van der Waals surface area contributed by atoms with Crippen molar-refractivity contribution in [2.45, 2.75) is 10.6 Å². The van der Waals surface area contributed by atoms with E-state index in [-0.39, 0.29) is 4.90 Å². The summed E-state index contributed by atoms with van der Waals surface area (Å²) in [5.41, 5.74) is 5.78. The number of thiophene rings is 1. The first-order chi connectivity index (χ1) is 8.08. The van der Waals surface area contributed by atoms with Crippen molar-refractivity contribution in [3.63, 3.8) is 0 Å². The van der Waals surface area contributed by atoms with Crippen LogP contribution in [0.25, 0.3) is 0 Å². The number of hydrogen-bond acceptors (Lipinski definition) is 3. The van der Waals surface area contributed by atoms with Crippen LogP contribution < -0.4 is 5.73 Å². The van der Waals surface area contributed by atoms with Crippen molar-refractivity contribution >= 4 is 43.8 Å². The monoisotopic (exact) mass is 333 g/mol. The zero-order valence-corrected chi connectivity index (χ0v) is 11.9. The maximum absolute atomic E-state index is 13.5. The summed E-state index contributed by atoms with van der Waals surface area (Å²) in [7, 11) is -1.39. The van der Waals surface area contributed by atoms with Crippen LogP contribution in [0.1, 0.15) is 4.88 Å². The lowest BCUT2D eigenvalue weighted by Gasteiger charge is -2.04. The summed E-state index contributed by atoms with van der Waals surface area (Å²) in [4.78, 5) is 1.14. The first-order valence-corrected chi connectivity index (χ1v) is 7.72. The number of rotatable bonds is 3. The number of hydrogen-bond donors (Lipinski definition) is 1. The van der Waals surface area contributed by atoms with Crippen LogP contribution >= 0.6 is 27.3 Å². The first-order valence-electron chi connectivity index (χ1n) is 4.73. The summed E-state index contributed by atoms with van der Waals surface area (Å²) in [6.07, 6.45) is 0. The first kappa shape index (κ1) is 12.7. The molecular weight excluding hydrogens is 325 g/mol. The van der Waals surface area contributed by atoms with Crippen LogP contribution in [0.2, 0.25) is 0 Å². The van der Waals surface area contributed by atoms with E-state index in [0.717, 1.165) is 9.35 Å². The summed E-state index contributed by atoms with van der Waals surface area (Å²) in [5, 5.41) is 1.90. The van der Waals surface area contributed by atoms with Gasteiger partial charge in [0.1, 0.15) is 5.82 Å². The van der Waals surface area contributed by atoms with Crippen molar-refractivity contribution in [2.24, 2.45) is 0 Å². The number of halogens is 2. The quantitative estimate of drug-likeness (QED) is 0.873. The van der Waals surface area contributed by atoms with E-state index >= 15 is 0 Å². The van der Waals surface area contributed by atoms with Gasteiger partial charge in [-0.1, -0.05) is 0 Å². The molecule has 1 aromatic carbocycles. The fourth-order valence-electron chi connectivity index (χ4n) is 1.33. The maximum atomic E-state index is 13.5. The molecule has 2 N–H and O–H groups in total. The van der Waals surface area contributed by atoms with Crippen molar-refractivity contribution in [1.82, 2.24) is 0 Å². The molecule has 0 spiro atoms. The van der Waals surface area contributed by atoms with E-state index in [1.807, 2.05) is 11.4 Å². The van der Waals surface area contributed by atoms with Gasteiger partial charge >= 0.3 is 0 Å². The molecule has 0 saturated carbocycles. The Morgan fingerprint density at radius 3 is 2.76 bits per heavy atom. The molecule has 1 heterocycles. The Hall–Kier alpha value is -0.720. The highest BCUT2D eigenvalue weighted by Crippen LogP contribution is 2.26. The molecule has 2 nitrogen and oxygen atoms in total. The van der Waals surface area contributed by atoms with Gasteiger partial charge in [0.05, 0.1) is 21.4 Å². The second-order valence-electron chi connectivity index (χ2n) is 3.37. The molecule has 0 fully saturated rings. The van der Waals surface area contributed by atoms with Crippen molar-refractivity contribution in [3.05, 3.63) is 44.8 Å². The Labute approximate surface area is 113 Å². The number of anilines is 1. The predicted octanol–water partition coefficient (Wildman–Crippen LogP) is 3.54. The Morgan fingerprint density at radius 1 is 1.41 bits per heavy atom. The van der Waals surface area contributed by atoms with Crippen LogP contribution in [0.4, 0.5) is 10.1 Å². The molecule has 0 amide bonds. The fourth-order valence-corrected chi connectivity index (χ4v) is 4.43. The SMILES string of the molecule is Nc1ccc(S(=O)Cc2sccc2Br)c(F)c1. The van der Waals surface area contributed by atoms with Crippen LogP contribution in [0.5, 0.6) is 0 Å². The third-order valence-electron chi connectivity index (χ3n) is 2.15. The molecule has 0 radical (unpaired) electrons. The lowest BCUT2D eigenvalue weighted by Crippen LogP contribution is -1.99. The van der Waals surface area contributed by atoms with Crippen LogP contribution in [-0.2, 0) is 16.6 Å². The fraction of sp³-hybridized carbons (Fsp3) is 0.0909. The predicted molar refractivity (Wildman–Crippen MR) is 72.9 cm³/mol. The standard InChI is InChI=1S/C11H9BrFNOS2/c12-8-3-4-16-10(8)6-17(15)11-2-1-7(14)5-9(11)13/h1-5H,6,14H2. The molecule has 0 saturated heterocycles. The van der Waals surface area contributed by atoms with Crippen LogP contribution in [-0.4, -0.2) is 4.21 Å². The van der Waals surface area contributed by atoms with Crippen LogP contribution in [0, 0.1) is 5.82 Å². The highest BCUT2D eigenvalue weighted by molar-refractivity contribution is 9.10. The lowest BCUT2D eigenvalue weighted by molar-refractivity contribution is 0.596. The minimum absolute atomic E-state index is 0.194. The van der Waals surface area contributed by atoms with Gasteiger partial charge in [-0.25, -0.2) is 4.39 Å². The van der Waals surface area contributed by atoms with Crippen LogP contribution in [0.15, 0.2) is 39.0 Å². The van der Waals surface area contributed by atoms with Gasteiger partial charge in [-0.3, -0.25) is 4.21 Å². The van der Waals surface area contributed by atoms with Crippen molar-refractivity contribution in [3.8, 4) is 0 Å². The van der Waals surface area contributed by atoms with Gasteiger partial charge < -0.3 is 5.73 Å². The number of nitrogens with two attached hydrogens (primary N) is 1. The minimum atomic E-state index is -1.39. The van der Waals surface area contributed by atoms with Gasteiger partial charge in [-0.05, 0) is 45.6 Å². The van der Waals surface area contributed by atoms with E-state index < -0.39 is 16.6 Å². The van der Waals surface area contributed by atoms with E-state index in [1.165, 1.54) is 23.5 Å². The summed E-state index contributed by atoms with van der Waals surface area (Å²) in [6, 6.07) is 6.11. The topological polar surface area (TPSA) is 43.1 Å². The van der Waals surface area contributed by atoms with Crippen LogP contribution in [0.3, 0.4) is 0 Å². The zero-order valence-electron chi connectivity index (χ0n) is 8.65. The number of nitrogen functional groups attached to an aromatic ring is 1.